The minimum absolute atomic E-state index is 0.0593. The summed E-state index contributed by atoms with van der Waals surface area (Å²) in [4.78, 5) is 16.6. The molecule has 1 heterocycles. The van der Waals surface area contributed by atoms with Gasteiger partial charge in [0.15, 0.2) is 12.2 Å². The predicted octanol–water partition coefficient (Wildman–Crippen LogP) is 4.82. The van der Waals surface area contributed by atoms with Crippen molar-refractivity contribution in [3.05, 3.63) is 78.4 Å². The van der Waals surface area contributed by atoms with Crippen molar-refractivity contribution in [3.63, 3.8) is 0 Å². The molecule has 0 aliphatic carbocycles. The fraction of sp³-hybridized carbons (Fsp3) is 0.0909. The van der Waals surface area contributed by atoms with Gasteiger partial charge in [-0.05, 0) is 49.4 Å². The Morgan fingerprint density at radius 2 is 1.85 bits per heavy atom. The van der Waals surface area contributed by atoms with E-state index in [-0.39, 0.29) is 12.5 Å². The molecule has 0 bridgehead atoms. The average Bonchev–Trinajstić information content (AvgIpc) is 3.12. The van der Waals surface area contributed by atoms with Gasteiger partial charge in [-0.15, -0.1) is 0 Å². The quantitative estimate of drug-likeness (QED) is 0.555. The SMILES string of the molecule is Cc1ccc(OCC(=O)Nc2cccc(-c3nc4ccccc4o3)c2)cc1. The molecule has 4 rings (SSSR count). The van der Waals surface area contributed by atoms with Gasteiger partial charge >= 0.3 is 0 Å². The third-order valence-electron chi connectivity index (χ3n) is 4.08. The lowest BCUT2D eigenvalue weighted by Crippen LogP contribution is -2.20. The van der Waals surface area contributed by atoms with E-state index >= 15 is 0 Å². The van der Waals surface area contributed by atoms with Gasteiger partial charge < -0.3 is 14.5 Å². The van der Waals surface area contributed by atoms with Gasteiger partial charge in [-0.2, -0.15) is 0 Å². The normalized spacial score (nSPS) is 10.7. The van der Waals surface area contributed by atoms with Crippen LogP contribution in [0.1, 0.15) is 5.56 Å². The molecule has 0 saturated carbocycles. The number of aryl methyl sites for hydroxylation is 1. The third kappa shape index (κ3) is 3.98. The molecular weight excluding hydrogens is 340 g/mol. The maximum atomic E-state index is 12.2. The molecule has 0 unspecified atom stereocenters. The van der Waals surface area contributed by atoms with Crippen molar-refractivity contribution in [3.8, 4) is 17.2 Å². The summed E-state index contributed by atoms with van der Waals surface area (Å²) in [5.41, 5.74) is 4.13. The Balaban J connectivity index is 1.44. The molecule has 5 nitrogen and oxygen atoms in total. The van der Waals surface area contributed by atoms with Crippen molar-refractivity contribution >= 4 is 22.7 Å². The molecule has 0 fully saturated rings. The fourth-order valence-corrected chi connectivity index (χ4v) is 2.71. The third-order valence-corrected chi connectivity index (χ3v) is 4.08. The number of anilines is 1. The molecule has 0 radical (unpaired) electrons. The number of nitrogens with zero attached hydrogens (tertiary/aromatic N) is 1. The number of amides is 1. The molecule has 5 heteroatoms. The molecular formula is C22H18N2O3. The first-order chi connectivity index (χ1) is 13.2. The van der Waals surface area contributed by atoms with Crippen LogP contribution in [0, 0.1) is 6.92 Å². The summed E-state index contributed by atoms with van der Waals surface area (Å²) in [5, 5.41) is 2.83. The van der Waals surface area contributed by atoms with E-state index in [0.717, 1.165) is 22.2 Å². The lowest BCUT2D eigenvalue weighted by molar-refractivity contribution is -0.118. The van der Waals surface area contributed by atoms with E-state index in [1.807, 2.05) is 79.7 Å². The Morgan fingerprint density at radius 3 is 2.67 bits per heavy atom. The van der Waals surface area contributed by atoms with Crippen LogP contribution >= 0.6 is 0 Å². The number of nitrogens with one attached hydrogen (secondary N) is 1. The summed E-state index contributed by atoms with van der Waals surface area (Å²) in [6.07, 6.45) is 0. The molecule has 0 aliphatic heterocycles. The lowest BCUT2D eigenvalue weighted by Gasteiger charge is -2.08. The zero-order valence-corrected chi connectivity index (χ0v) is 14.8. The number of carbonyl (C=O) groups excluding carboxylic acids is 1. The number of rotatable bonds is 5. The highest BCUT2D eigenvalue weighted by Gasteiger charge is 2.10. The summed E-state index contributed by atoms with van der Waals surface area (Å²) >= 11 is 0. The van der Waals surface area contributed by atoms with Gasteiger partial charge in [-0.1, -0.05) is 35.9 Å². The van der Waals surface area contributed by atoms with Crippen molar-refractivity contribution in [2.75, 3.05) is 11.9 Å². The summed E-state index contributed by atoms with van der Waals surface area (Å²) < 4.78 is 11.3. The maximum Gasteiger partial charge on any atom is 0.262 e. The van der Waals surface area contributed by atoms with Crippen LogP contribution in [0.4, 0.5) is 5.69 Å². The van der Waals surface area contributed by atoms with Crippen LogP contribution in [-0.4, -0.2) is 17.5 Å². The molecule has 1 aromatic heterocycles. The van der Waals surface area contributed by atoms with Crippen LogP contribution in [0.25, 0.3) is 22.6 Å². The van der Waals surface area contributed by atoms with E-state index in [1.165, 1.54) is 0 Å². The summed E-state index contributed by atoms with van der Waals surface area (Å²) in [7, 11) is 0. The number of aromatic nitrogens is 1. The van der Waals surface area contributed by atoms with Crippen LogP contribution in [0.2, 0.25) is 0 Å². The van der Waals surface area contributed by atoms with Crippen molar-refractivity contribution in [1.29, 1.82) is 0 Å². The topological polar surface area (TPSA) is 64.4 Å². The molecule has 1 N–H and O–H groups in total. The van der Waals surface area contributed by atoms with E-state index in [4.69, 9.17) is 9.15 Å². The molecule has 1 amide bonds. The van der Waals surface area contributed by atoms with Gasteiger partial charge in [0.2, 0.25) is 5.89 Å². The van der Waals surface area contributed by atoms with Crippen molar-refractivity contribution < 1.29 is 13.9 Å². The Labute approximate surface area is 156 Å². The minimum Gasteiger partial charge on any atom is -0.484 e. The van der Waals surface area contributed by atoms with Gasteiger partial charge in [0.1, 0.15) is 11.3 Å². The standard InChI is InChI=1S/C22H18N2O3/c1-15-9-11-18(12-10-15)26-14-21(25)23-17-6-4-5-16(13-17)22-24-19-7-2-3-8-20(19)27-22/h2-13H,14H2,1H3,(H,23,25). The van der Waals surface area contributed by atoms with Crippen molar-refractivity contribution in [1.82, 2.24) is 4.98 Å². The minimum atomic E-state index is -0.231. The van der Waals surface area contributed by atoms with E-state index in [9.17, 15) is 4.79 Å². The smallest absolute Gasteiger partial charge is 0.262 e. The highest BCUT2D eigenvalue weighted by atomic mass is 16.5. The number of para-hydroxylation sites is 2. The molecule has 3 aromatic carbocycles. The van der Waals surface area contributed by atoms with E-state index < -0.39 is 0 Å². The molecule has 134 valence electrons. The second kappa shape index (κ2) is 7.33. The van der Waals surface area contributed by atoms with Crippen molar-refractivity contribution in [2.24, 2.45) is 0 Å². The molecule has 4 aromatic rings. The first kappa shape index (κ1) is 16.8. The molecule has 0 aliphatic rings. The molecule has 27 heavy (non-hydrogen) atoms. The number of hydrogen-bond acceptors (Lipinski definition) is 4. The first-order valence-corrected chi connectivity index (χ1v) is 8.63. The van der Waals surface area contributed by atoms with Gasteiger partial charge in [0.25, 0.3) is 5.91 Å². The van der Waals surface area contributed by atoms with Crippen molar-refractivity contribution in [2.45, 2.75) is 6.92 Å². The maximum absolute atomic E-state index is 12.2. The van der Waals surface area contributed by atoms with Gasteiger partial charge in [-0.25, -0.2) is 4.98 Å². The number of hydrogen-bond donors (Lipinski definition) is 1. The Hall–Kier alpha value is -3.60. The first-order valence-electron chi connectivity index (χ1n) is 8.63. The zero-order chi connectivity index (χ0) is 18.6. The molecule has 0 saturated heterocycles. The van der Waals surface area contributed by atoms with E-state index in [0.29, 0.717) is 17.3 Å². The lowest BCUT2D eigenvalue weighted by atomic mass is 10.2. The predicted molar refractivity (Wildman–Crippen MR) is 105 cm³/mol. The van der Waals surface area contributed by atoms with Crippen LogP contribution in [0.15, 0.2) is 77.2 Å². The largest absolute Gasteiger partial charge is 0.484 e. The number of fused-ring (bicyclic) bond motifs is 1. The van der Waals surface area contributed by atoms with Gasteiger partial charge in [-0.3, -0.25) is 4.79 Å². The average molecular weight is 358 g/mol. The van der Waals surface area contributed by atoms with Gasteiger partial charge in [0, 0.05) is 11.3 Å². The summed E-state index contributed by atoms with van der Waals surface area (Å²) in [6.45, 7) is 1.94. The number of oxazole rings is 1. The van der Waals surface area contributed by atoms with Crippen LogP contribution in [-0.2, 0) is 4.79 Å². The zero-order valence-electron chi connectivity index (χ0n) is 14.8. The van der Waals surface area contributed by atoms with E-state index in [1.54, 1.807) is 0 Å². The highest BCUT2D eigenvalue weighted by molar-refractivity contribution is 5.92. The number of carbonyl (C=O) groups is 1. The fourth-order valence-electron chi connectivity index (χ4n) is 2.71. The van der Waals surface area contributed by atoms with Crippen LogP contribution in [0.5, 0.6) is 5.75 Å². The molecule has 0 atom stereocenters. The number of ether oxygens (including phenoxy) is 1. The summed E-state index contributed by atoms with van der Waals surface area (Å²) in [5.74, 6) is 0.949. The highest BCUT2D eigenvalue weighted by Crippen LogP contribution is 2.26. The Bertz CT molecular complexity index is 1050. The second-order valence-corrected chi connectivity index (χ2v) is 6.22. The molecule has 0 spiro atoms. The van der Waals surface area contributed by atoms with Gasteiger partial charge in [0.05, 0.1) is 0 Å². The number of benzene rings is 3. The Morgan fingerprint density at radius 1 is 1.04 bits per heavy atom. The summed E-state index contributed by atoms with van der Waals surface area (Å²) in [6, 6.07) is 22.5. The Kier molecular flexibility index (Phi) is 4.58. The van der Waals surface area contributed by atoms with Crippen LogP contribution < -0.4 is 10.1 Å². The second-order valence-electron chi connectivity index (χ2n) is 6.22. The van der Waals surface area contributed by atoms with E-state index in [2.05, 4.69) is 10.3 Å². The van der Waals surface area contributed by atoms with Crippen LogP contribution in [0.3, 0.4) is 0 Å². The monoisotopic (exact) mass is 358 g/mol.